The minimum atomic E-state index is -1.48. The summed E-state index contributed by atoms with van der Waals surface area (Å²) < 4.78 is 64.1. The summed E-state index contributed by atoms with van der Waals surface area (Å²) in [6.07, 6.45) is -5.64. The van der Waals surface area contributed by atoms with Crippen molar-refractivity contribution < 1.29 is 77.7 Å². The quantitative estimate of drug-likeness (QED) is 0.113. The Balaban J connectivity index is 1.28. The van der Waals surface area contributed by atoms with Gasteiger partial charge in [0.15, 0.2) is 5.79 Å². The molecule has 5 heterocycles. The third-order valence-electron chi connectivity index (χ3n) is 16.8. The largest absolute Gasteiger partial charge is 0.463 e. The molecule has 5 fully saturated rings. The number of hydrogen-bond donors (Lipinski definition) is 5. The van der Waals surface area contributed by atoms with Gasteiger partial charge in [0.05, 0.1) is 106 Å². The number of carbonyl (C=O) groups excluding carboxylic acids is 1. The van der Waals surface area contributed by atoms with Crippen LogP contribution in [0.15, 0.2) is 0 Å². The van der Waals surface area contributed by atoms with Crippen molar-refractivity contribution in [1.82, 2.24) is 0 Å². The molecular weight excluding hydrogens is 857 g/mol. The van der Waals surface area contributed by atoms with Crippen LogP contribution in [0.4, 0.5) is 0 Å². The Kier molecular flexibility index (Phi) is 19.8. The molecule has 0 bridgehead atoms. The monoisotopic (exact) mass is 947 g/mol. The molecule has 0 aliphatic carbocycles. The van der Waals surface area contributed by atoms with E-state index >= 15 is 0 Å². The smallest absolute Gasteiger partial charge is 0.302 e. The van der Waals surface area contributed by atoms with Crippen LogP contribution in [0.25, 0.3) is 0 Å². The average Bonchev–Trinajstić information content (AvgIpc) is 3.26. The van der Waals surface area contributed by atoms with Crippen LogP contribution in [0.5, 0.6) is 0 Å². The Labute approximate surface area is 395 Å². The number of esters is 1. The molecule has 0 aromatic carbocycles. The summed E-state index contributed by atoms with van der Waals surface area (Å²) in [5.41, 5.74) is -1.15. The fourth-order valence-electron chi connectivity index (χ4n) is 11.8. The van der Waals surface area contributed by atoms with E-state index in [1.54, 1.807) is 13.8 Å². The number of carbonyl (C=O) groups is 1. The van der Waals surface area contributed by atoms with Crippen molar-refractivity contribution >= 4 is 5.97 Å². The molecule has 5 rings (SSSR count). The molecule has 5 aliphatic rings. The van der Waals surface area contributed by atoms with Gasteiger partial charge in [-0.2, -0.15) is 0 Å². The van der Waals surface area contributed by atoms with E-state index in [0.29, 0.717) is 31.5 Å². The molecule has 0 aromatic heterocycles. The van der Waals surface area contributed by atoms with Gasteiger partial charge in [0.2, 0.25) is 0 Å². The third kappa shape index (κ3) is 12.3. The highest BCUT2D eigenvalue weighted by atomic mass is 16.7. The molecule has 0 radical (unpaired) electrons. The van der Waals surface area contributed by atoms with Gasteiger partial charge in [0.1, 0.15) is 37.1 Å². The van der Waals surface area contributed by atoms with Crippen LogP contribution in [0.2, 0.25) is 0 Å². The second kappa shape index (κ2) is 23.4. The summed E-state index contributed by atoms with van der Waals surface area (Å²) in [5.74, 6) is -3.59. The number of rotatable bonds is 19. The first-order chi connectivity index (χ1) is 30.9. The SMILES string of the molecule is CCC1O[C@@H](COCC2C(C)O[C@@H](COCC3[C@H](O)C(C)C(COC(C)=O)O[C@@]3(C)O[C@]3(C)C(C)[C@H](CC)OC(C)[C@H]3COC[C@@H]3OC(C)(C)[C@@H](CC)CC3C)C(O)[C@@H]2O)C(O)[C@H](O)[C@@H]1C. The molecule has 0 amide bonds. The number of ether oxygens (including phenoxy) is 10. The van der Waals surface area contributed by atoms with Gasteiger partial charge in [-0.05, 0) is 72.6 Å². The first-order valence-electron chi connectivity index (χ1n) is 25.2. The lowest BCUT2D eigenvalue weighted by Crippen LogP contribution is -2.67. The summed E-state index contributed by atoms with van der Waals surface area (Å²) in [6.45, 7) is 28.2. The number of hydrogen-bond acceptors (Lipinski definition) is 16. The van der Waals surface area contributed by atoms with Gasteiger partial charge in [0, 0.05) is 36.5 Å². The Morgan fingerprint density at radius 2 is 1.11 bits per heavy atom. The maximum absolute atomic E-state index is 12.1. The van der Waals surface area contributed by atoms with Gasteiger partial charge in [-0.25, -0.2) is 0 Å². The molecule has 5 aliphatic heterocycles. The first-order valence-corrected chi connectivity index (χ1v) is 25.2. The van der Waals surface area contributed by atoms with Crippen molar-refractivity contribution in [1.29, 1.82) is 0 Å². The van der Waals surface area contributed by atoms with E-state index in [-0.39, 0.29) is 80.8 Å². The molecule has 5 saturated heterocycles. The predicted octanol–water partition coefficient (Wildman–Crippen LogP) is 4.44. The van der Waals surface area contributed by atoms with Crippen LogP contribution in [0.1, 0.15) is 123 Å². The Morgan fingerprint density at radius 1 is 0.561 bits per heavy atom. The fraction of sp³-hybridized carbons (Fsp3) is 0.980. The van der Waals surface area contributed by atoms with Crippen LogP contribution in [-0.4, -0.2) is 174 Å². The maximum Gasteiger partial charge on any atom is 0.302 e. The lowest BCUT2D eigenvalue weighted by Gasteiger charge is -2.58. The topological polar surface area (TPSA) is 211 Å². The van der Waals surface area contributed by atoms with Crippen LogP contribution < -0.4 is 0 Å². The summed E-state index contributed by atoms with van der Waals surface area (Å²) in [5, 5.41) is 56.0. The molecule has 66 heavy (non-hydrogen) atoms. The molecule has 0 aromatic rings. The van der Waals surface area contributed by atoms with Gasteiger partial charge < -0.3 is 72.9 Å². The van der Waals surface area contributed by atoms with E-state index in [2.05, 4.69) is 48.5 Å². The van der Waals surface area contributed by atoms with E-state index in [1.807, 2.05) is 27.7 Å². The summed E-state index contributed by atoms with van der Waals surface area (Å²) >= 11 is 0. The van der Waals surface area contributed by atoms with Gasteiger partial charge in [-0.1, -0.05) is 54.9 Å². The minimum Gasteiger partial charge on any atom is -0.463 e. The van der Waals surface area contributed by atoms with E-state index in [9.17, 15) is 30.3 Å². The molecule has 0 saturated carbocycles. The highest BCUT2D eigenvalue weighted by molar-refractivity contribution is 5.65. The third-order valence-corrected chi connectivity index (χ3v) is 16.8. The van der Waals surface area contributed by atoms with Crippen LogP contribution in [-0.2, 0) is 52.2 Å². The molecule has 0 spiro atoms. The van der Waals surface area contributed by atoms with E-state index < -0.39 is 90.0 Å². The van der Waals surface area contributed by atoms with Gasteiger partial charge in [-0.3, -0.25) is 4.79 Å². The Bertz CT molecular complexity index is 1500. The summed E-state index contributed by atoms with van der Waals surface area (Å²) in [7, 11) is 0. The number of aliphatic hydroxyl groups excluding tert-OH is 5. The summed E-state index contributed by atoms with van der Waals surface area (Å²) in [4.78, 5) is 12.0. The second-order valence-corrected chi connectivity index (χ2v) is 21.6. The molecule has 16 heteroatoms. The fourth-order valence-corrected chi connectivity index (χ4v) is 11.8. The zero-order valence-corrected chi connectivity index (χ0v) is 42.6. The molecule has 386 valence electrons. The molecule has 11 unspecified atom stereocenters. The van der Waals surface area contributed by atoms with E-state index in [1.165, 1.54) is 6.92 Å². The lowest BCUT2D eigenvalue weighted by molar-refractivity contribution is -0.395. The predicted molar refractivity (Wildman–Crippen MR) is 244 cm³/mol. The van der Waals surface area contributed by atoms with Crippen molar-refractivity contribution in [3.8, 4) is 0 Å². The van der Waals surface area contributed by atoms with Crippen molar-refractivity contribution in [2.75, 3.05) is 46.2 Å². The minimum absolute atomic E-state index is 0.00387. The van der Waals surface area contributed by atoms with E-state index in [0.717, 1.165) is 19.3 Å². The highest BCUT2D eigenvalue weighted by Gasteiger charge is 2.59. The van der Waals surface area contributed by atoms with Crippen LogP contribution in [0.3, 0.4) is 0 Å². The molecule has 23 atom stereocenters. The average molecular weight is 947 g/mol. The van der Waals surface area contributed by atoms with Crippen molar-refractivity contribution in [3.63, 3.8) is 0 Å². The van der Waals surface area contributed by atoms with Crippen molar-refractivity contribution in [2.45, 2.75) is 219 Å². The van der Waals surface area contributed by atoms with Gasteiger partial charge in [0.25, 0.3) is 0 Å². The lowest BCUT2D eigenvalue weighted by atomic mass is 9.70. The Hall–Kier alpha value is -1.09. The second-order valence-electron chi connectivity index (χ2n) is 21.6. The standard InChI is InChI=1S/C50H90O16/c1-15-33-18-26(4)39(64-48(33,11)12)22-58-20-35-31(9)62-38(17-3)29(7)49(35,13)66-50(14)36(43(52)28(6)40(65-50)25-60-32(10)51)21-59-23-41-47(56)45(54)34(30(8)61-41)19-57-24-42-46(55)44(53)27(5)37(16-2)63-42/h26-31,33-47,52-56H,15-25H2,1-14H3/t26?,27-,28?,29?,30?,31?,33+,34?,35-,36?,37?,38+,39+,40?,41+,42+,43-,44-,45-,46?,47?,49-,50+/m1/s1. The van der Waals surface area contributed by atoms with Crippen molar-refractivity contribution in [2.24, 2.45) is 47.3 Å². The Morgan fingerprint density at radius 3 is 1.71 bits per heavy atom. The summed E-state index contributed by atoms with van der Waals surface area (Å²) in [6, 6.07) is 0. The highest BCUT2D eigenvalue weighted by Crippen LogP contribution is 2.49. The van der Waals surface area contributed by atoms with Gasteiger partial charge in [-0.15, -0.1) is 0 Å². The molecular formula is C50H90O16. The molecule has 5 N–H and O–H groups in total. The van der Waals surface area contributed by atoms with Gasteiger partial charge >= 0.3 is 5.97 Å². The zero-order valence-electron chi connectivity index (χ0n) is 42.6. The zero-order chi connectivity index (χ0) is 49.1. The number of aliphatic hydroxyl groups is 5. The van der Waals surface area contributed by atoms with E-state index in [4.69, 9.17) is 47.4 Å². The van der Waals surface area contributed by atoms with Crippen LogP contribution in [0, 0.1) is 47.3 Å². The molecule has 16 nitrogen and oxygen atoms in total. The maximum atomic E-state index is 12.1. The first kappa shape index (κ1) is 55.8. The normalized spacial score (nSPS) is 47.7. The van der Waals surface area contributed by atoms with Crippen LogP contribution >= 0.6 is 0 Å². The van der Waals surface area contributed by atoms with Crippen molar-refractivity contribution in [3.05, 3.63) is 0 Å².